The van der Waals surface area contributed by atoms with Crippen molar-refractivity contribution in [1.29, 1.82) is 5.26 Å². The number of rotatable bonds is 4. The smallest absolute Gasteiger partial charge is 0.240 e. The van der Waals surface area contributed by atoms with Gasteiger partial charge in [-0.25, -0.2) is 8.78 Å². The van der Waals surface area contributed by atoms with Crippen molar-refractivity contribution in [2.24, 2.45) is 0 Å². The van der Waals surface area contributed by atoms with E-state index in [2.05, 4.69) is 10.6 Å². The highest BCUT2D eigenvalue weighted by molar-refractivity contribution is 5.80. The predicted octanol–water partition coefficient (Wildman–Crippen LogP) is 1.32. The third kappa shape index (κ3) is 3.72. The van der Waals surface area contributed by atoms with E-state index in [0.717, 1.165) is 12.1 Å². The molecular weight excluding hydrogens is 228 g/mol. The lowest BCUT2D eigenvalue weighted by Crippen LogP contribution is -2.30. The Kier molecular flexibility index (Phi) is 4.40. The second kappa shape index (κ2) is 5.80. The number of aryl methyl sites for hydroxylation is 1. The molecule has 6 heteroatoms. The van der Waals surface area contributed by atoms with E-state index in [9.17, 15) is 13.6 Å². The Balaban J connectivity index is 2.61. The van der Waals surface area contributed by atoms with Crippen LogP contribution in [0.5, 0.6) is 0 Å². The molecule has 2 N–H and O–H groups in total. The molecule has 0 radical (unpaired) electrons. The van der Waals surface area contributed by atoms with Crippen LogP contribution in [0.15, 0.2) is 12.1 Å². The summed E-state index contributed by atoms with van der Waals surface area (Å²) in [5, 5.41) is 12.9. The molecule has 0 saturated heterocycles. The molecule has 1 amide bonds. The maximum absolute atomic E-state index is 13.3. The molecule has 0 bridgehead atoms. The molecule has 0 heterocycles. The molecule has 0 fully saturated rings. The van der Waals surface area contributed by atoms with E-state index >= 15 is 0 Å². The van der Waals surface area contributed by atoms with Gasteiger partial charge in [-0.05, 0) is 18.6 Å². The third-order valence-electron chi connectivity index (χ3n) is 2.05. The van der Waals surface area contributed by atoms with Gasteiger partial charge in [-0.1, -0.05) is 0 Å². The molecule has 0 unspecified atom stereocenters. The van der Waals surface area contributed by atoms with Crippen LogP contribution in [0.1, 0.15) is 5.56 Å². The molecule has 0 saturated carbocycles. The summed E-state index contributed by atoms with van der Waals surface area (Å²) in [6.45, 7) is 1.11. The van der Waals surface area contributed by atoms with Gasteiger partial charge in [0.05, 0.1) is 18.3 Å². The number of carbonyl (C=O) groups is 1. The Morgan fingerprint density at radius 3 is 2.76 bits per heavy atom. The molecule has 1 rings (SSSR count). The van der Waals surface area contributed by atoms with Crippen molar-refractivity contribution in [3.63, 3.8) is 0 Å². The predicted molar refractivity (Wildman–Crippen MR) is 58.2 cm³/mol. The van der Waals surface area contributed by atoms with Gasteiger partial charge in [-0.2, -0.15) is 5.26 Å². The van der Waals surface area contributed by atoms with Gasteiger partial charge in [0.15, 0.2) is 0 Å². The average Bonchev–Trinajstić information content (AvgIpc) is 2.29. The van der Waals surface area contributed by atoms with E-state index in [1.165, 1.54) is 6.92 Å². The van der Waals surface area contributed by atoms with E-state index in [-0.39, 0.29) is 24.3 Å². The molecule has 17 heavy (non-hydrogen) atoms. The normalized spacial score (nSPS) is 9.53. The van der Waals surface area contributed by atoms with Crippen LogP contribution in [-0.2, 0) is 4.79 Å². The largest absolute Gasteiger partial charge is 0.374 e. The maximum Gasteiger partial charge on any atom is 0.240 e. The summed E-state index contributed by atoms with van der Waals surface area (Å²) in [5.74, 6) is -1.64. The molecular formula is C11H11F2N3O. The van der Waals surface area contributed by atoms with Gasteiger partial charge in [0.1, 0.15) is 18.2 Å². The lowest BCUT2D eigenvalue weighted by atomic mass is 10.2. The number of halogens is 2. The Bertz CT molecular complexity index is 469. The number of hydrogen-bond donors (Lipinski definition) is 2. The van der Waals surface area contributed by atoms with Gasteiger partial charge in [0.25, 0.3) is 0 Å². The van der Waals surface area contributed by atoms with Crippen molar-refractivity contribution < 1.29 is 13.6 Å². The number of benzene rings is 1. The molecule has 0 atom stereocenters. The van der Waals surface area contributed by atoms with Gasteiger partial charge in [-0.3, -0.25) is 4.79 Å². The van der Waals surface area contributed by atoms with Crippen molar-refractivity contribution in [1.82, 2.24) is 5.32 Å². The Morgan fingerprint density at radius 1 is 1.41 bits per heavy atom. The van der Waals surface area contributed by atoms with Crippen molar-refractivity contribution in [3.8, 4) is 6.07 Å². The standard InChI is InChI=1S/C11H11F2N3O/c1-7-4-9(13)10(5-8(7)12)16-6-11(17)15-3-2-14/h4-5,16H,3,6H2,1H3,(H,15,17). The minimum absolute atomic E-state index is 0.0831. The van der Waals surface area contributed by atoms with Gasteiger partial charge < -0.3 is 10.6 Å². The first-order valence-corrected chi connectivity index (χ1v) is 4.87. The molecule has 0 aromatic heterocycles. The topological polar surface area (TPSA) is 64.9 Å². The van der Waals surface area contributed by atoms with Gasteiger partial charge >= 0.3 is 0 Å². The minimum Gasteiger partial charge on any atom is -0.374 e. The SMILES string of the molecule is Cc1cc(F)c(NCC(=O)NCC#N)cc1F. The number of nitrogens with one attached hydrogen (secondary N) is 2. The van der Waals surface area contributed by atoms with Crippen LogP contribution < -0.4 is 10.6 Å². The fraction of sp³-hybridized carbons (Fsp3) is 0.273. The molecule has 90 valence electrons. The van der Waals surface area contributed by atoms with Crippen molar-refractivity contribution >= 4 is 11.6 Å². The number of nitriles is 1. The third-order valence-corrected chi connectivity index (χ3v) is 2.05. The Hall–Kier alpha value is -2.16. The average molecular weight is 239 g/mol. The van der Waals surface area contributed by atoms with Crippen molar-refractivity contribution in [2.75, 3.05) is 18.4 Å². The van der Waals surface area contributed by atoms with E-state index in [1.807, 2.05) is 0 Å². The quantitative estimate of drug-likeness (QED) is 0.779. The van der Waals surface area contributed by atoms with Crippen LogP contribution in [0, 0.1) is 29.9 Å². The van der Waals surface area contributed by atoms with Crippen LogP contribution in [0.3, 0.4) is 0 Å². The zero-order valence-corrected chi connectivity index (χ0v) is 9.18. The van der Waals surface area contributed by atoms with Crippen LogP contribution in [-0.4, -0.2) is 19.0 Å². The highest BCUT2D eigenvalue weighted by Gasteiger charge is 2.08. The second-order valence-electron chi connectivity index (χ2n) is 3.37. The van der Waals surface area contributed by atoms with E-state index in [1.54, 1.807) is 6.07 Å². The first-order valence-electron chi connectivity index (χ1n) is 4.87. The highest BCUT2D eigenvalue weighted by atomic mass is 19.1. The number of anilines is 1. The van der Waals surface area contributed by atoms with E-state index in [4.69, 9.17) is 5.26 Å². The summed E-state index contributed by atoms with van der Waals surface area (Å²) < 4.78 is 26.5. The van der Waals surface area contributed by atoms with Gasteiger partial charge in [0, 0.05) is 6.07 Å². The summed E-state index contributed by atoms with van der Waals surface area (Å²) >= 11 is 0. The zero-order valence-electron chi connectivity index (χ0n) is 9.18. The zero-order chi connectivity index (χ0) is 12.8. The number of nitrogens with zero attached hydrogens (tertiary/aromatic N) is 1. The lowest BCUT2D eigenvalue weighted by molar-refractivity contribution is -0.119. The summed E-state index contributed by atoms with van der Waals surface area (Å²) in [7, 11) is 0. The molecule has 1 aromatic carbocycles. The number of amides is 1. The molecule has 1 aromatic rings. The van der Waals surface area contributed by atoms with Gasteiger partial charge in [-0.15, -0.1) is 0 Å². The lowest BCUT2D eigenvalue weighted by Gasteiger charge is -2.08. The summed E-state index contributed by atoms with van der Waals surface area (Å²) in [5.41, 5.74) is 0.113. The Morgan fingerprint density at radius 2 is 2.12 bits per heavy atom. The second-order valence-corrected chi connectivity index (χ2v) is 3.37. The van der Waals surface area contributed by atoms with E-state index in [0.29, 0.717) is 0 Å². The summed E-state index contributed by atoms with van der Waals surface area (Å²) in [4.78, 5) is 11.1. The van der Waals surface area contributed by atoms with Crippen LogP contribution in [0.2, 0.25) is 0 Å². The monoisotopic (exact) mass is 239 g/mol. The molecule has 0 spiro atoms. The van der Waals surface area contributed by atoms with E-state index < -0.39 is 17.5 Å². The van der Waals surface area contributed by atoms with Crippen molar-refractivity contribution in [3.05, 3.63) is 29.3 Å². The maximum atomic E-state index is 13.3. The molecule has 0 aliphatic heterocycles. The van der Waals surface area contributed by atoms with Crippen LogP contribution >= 0.6 is 0 Å². The van der Waals surface area contributed by atoms with Crippen LogP contribution in [0.25, 0.3) is 0 Å². The first-order chi connectivity index (χ1) is 8.04. The number of hydrogen-bond acceptors (Lipinski definition) is 3. The fourth-order valence-electron chi connectivity index (χ4n) is 1.16. The summed E-state index contributed by atoms with van der Waals surface area (Å²) in [6.07, 6.45) is 0. The first kappa shape index (κ1) is 12.9. The van der Waals surface area contributed by atoms with Crippen LogP contribution in [0.4, 0.5) is 14.5 Å². The fourth-order valence-corrected chi connectivity index (χ4v) is 1.16. The summed E-state index contributed by atoms with van der Waals surface area (Å²) in [6, 6.07) is 3.77. The highest BCUT2D eigenvalue weighted by Crippen LogP contribution is 2.18. The Labute approximate surface area is 97.2 Å². The molecule has 0 aliphatic carbocycles. The molecule has 4 nitrogen and oxygen atoms in total. The number of carbonyl (C=O) groups excluding carboxylic acids is 1. The van der Waals surface area contributed by atoms with Crippen molar-refractivity contribution in [2.45, 2.75) is 6.92 Å². The van der Waals surface area contributed by atoms with Gasteiger partial charge in [0.2, 0.25) is 5.91 Å². The molecule has 0 aliphatic rings. The minimum atomic E-state index is -0.628.